The van der Waals surface area contributed by atoms with E-state index in [1.807, 2.05) is 0 Å². The molecule has 1 aliphatic rings. The molecular weight excluding hydrogens is 312 g/mol. The number of nitro benzene ring substituents is 1. The average Bonchev–Trinajstić information content (AvgIpc) is 2.47. The van der Waals surface area contributed by atoms with Crippen LogP contribution in [0.25, 0.3) is 0 Å². The molecule has 0 aliphatic carbocycles. The molecule has 1 unspecified atom stereocenters. The van der Waals surface area contributed by atoms with Crippen LogP contribution in [0.15, 0.2) is 23.1 Å². The van der Waals surface area contributed by atoms with Crippen molar-refractivity contribution in [2.75, 3.05) is 13.1 Å². The zero-order valence-electron chi connectivity index (χ0n) is 11.9. The number of hydrogen-bond donors (Lipinski definition) is 1. The third kappa shape index (κ3) is 2.95. The maximum atomic E-state index is 12.7. The molecule has 2 rings (SSSR count). The highest BCUT2D eigenvalue weighted by atomic mass is 32.2. The average molecular weight is 328 g/mol. The van der Waals surface area contributed by atoms with Crippen molar-refractivity contribution in [2.24, 2.45) is 5.92 Å². The normalized spacial score (nSPS) is 19.8. The predicted octanol–water partition coefficient (Wildman–Crippen LogP) is 1.39. The van der Waals surface area contributed by atoms with Gasteiger partial charge in [-0.05, 0) is 25.8 Å². The van der Waals surface area contributed by atoms with Crippen molar-refractivity contribution in [1.82, 2.24) is 4.31 Å². The van der Waals surface area contributed by atoms with Gasteiger partial charge in [0.2, 0.25) is 10.0 Å². The Labute approximate surface area is 127 Å². The summed E-state index contributed by atoms with van der Waals surface area (Å²) in [4.78, 5) is 21.2. The number of benzene rings is 1. The molecule has 0 spiro atoms. The van der Waals surface area contributed by atoms with Gasteiger partial charge >= 0.3 is 5.97 Å². The van der Waals surface area contributed by atoms with Gasteiger partial charge in [-0.2, -0.15) is 4.31 Å². The Balaban J connectivity index is 2.41. The van der Waals surface area contributed by atoms with Crippen molar-refractivity contribution in [3.8, 4) is 0 Å². The van der Waals surface area contributed by atoms with Crippen molar-refractivity contribution in [1.29, 1.82) is 0 Å². The predicted molar refractivity (Wildman–Crippen MR) is 77.0 cm³/mol. The van der Waals surface area contributed by atoms with Crippen LogP contribution in [-0.2, 0) is 14.8 Å². The lowest BCUT2D eigenvalue weighted by atomic mass is 10.0. The molecular formula is C13H16N2O6S. The molecule has 8 nitrogen and oxygen atoms in total. The summed E-state index contributed by atoms with van der Waals surface area (Å²) in [5, 5.41) is 20.0. The maximum absolute atomic E-state index is 12.7. The van der Waals surface area contributed by atoms with Crippen molar-refractivity contribution in [3.05, 3.63) is 33.9 Å². The van der Waals surface area contributed by atoms with Crippen molar-refractivity contribution in [3.63, 3.8) is 0 Å². The van der Waals surface area contributed by atoms with Crippen molar-refractivity contribution < 1.29 is 23.2 Å². The van der Waals surface area contributed by atoms with Gasteiger partial charge in [0, 0.05) is 24.7 Å². The molecule has 1 atom stereocenters. The summed E-state index contributed by atoms with van der Waals surface area (Å²) in [7, 11) is -3.95. The summed E-state index contributed by atoms with van der Waals surface area (Å²) in [5.74, 6) is -1.78. The molecule has 1 saturated heterocycles. The number of aliphatic carboxylic acids is 1. The fourth-order valence-electron chi connectivity index (χ4n) is 2.58. The third-order valence-electron chi connectivity index (χ3n) is 3.80. The third-order valence-corrected chi connectivity index (χ3v) is 5.81. The molecule has 1 aromatic rings. The number of carbonyl (C=O) groups is 1. The number of carboxylic acids is 1. The Hall–Kier alpha value is -2.00. The van der Waals surface area contributed by atoms with Gasteiger partial charge in [-0.3, -0.25) is 14.9 Å². The van der Waals surface area contributed by atoms with Crippen LogP contribution in [-0.4, -0.2) is 41.8 Å². The lowest BCUT2D eigenvalue weighted by Gasteiger charge is -2.30. The molecule has 0 bridgehead atoms. The van der Waals surface area contributed by atoms with Crippen molar-refractivity contribution >= 4 is 21.7 Å². The van der Waals surface area contributed by atoms with E-state index in [1.54, 1.807) is 0 Å². The van der Waals surface area contributed by atoms with E-state index in [4.69, 9.17) is 5.11 Å². The van der Waals surface area contributed by atoms with Gasteiger partial charge in [0.05, 0.1) is 15.7 Å². The van der Waals surface area contributed by atoms with Crippen LogP contribution in [0.1, 0.15) is 18.4 Å². The van der Waals surface area contributed by atoms with Gasteiger partial charge in [-0.15, -0.1) is 0 Å². The summed E-state index contributed by atoms with van der Waals surface area (Å²) in [6.07, 6.45) is 0.874. The largest absolute Gasteiger partial charge is 0.481 e. The molecule has 0 saturated carbocycles. The minimum atomic E-state index is -3.95. The van der Waals surface area contributed by atoms with Crippen LogP contribution >= 0.6 is 0 Å². The highest BCUT2D eigenvalue weighted by molar-refractivity contribution is 7.89. The van der Waals surface area contributed by atoms with Gasteiger partial charge in [0.15, 0.2) is 0 Å². The Morgan fingerprint density at radius 2 is 2.14 bits per heavy atom. The van der Waals surface area contributed by atoms with E-state index in [0.717, 1.165) is 4.31 Å². The molecule has 1 fully saturated rings. The van der Waals surface area contributed by atoms with E-state index in [2.05, 4.69) is 0 Å². The highest BCUT2D eigenvalue weighted by Crippen LogP contribution is 2.29. The van der Waals surface area contributed by atoms with Crippen LogP contribution in [0.2, 0.25) is 0 Å². The van der Waals surface area contributed by atoms with Gasteiger partial charge < -0.3 is 5.11 Å². The zero-order valence-corrected chi connectivity index (χ0v) is 12.7. The summed E-state index contributed by atoms with van der Waals surface area (Å²) in [6, 6.07) is 3.86. The number of sulfonamides is 1. The van der Waals surface area contributed by atoms with E-state index in [1.165, 1.54) is 25.1 Å². The molecule has 9 heteroatoms. The van der Waals surface area contributed by atoms with Gasteiger partial charge in [-0.25, -0.2) is 8.42 Å². The highest BCUT2D eigenvalue weighted by Gasteiger charge is 2.35. The number of nitro groups is 1. The van der Waals surface area contributed by atoms with E-state index in [-0.39, 0.29) is 29.2 Å². The fraction of sp³-hybridized carbons (Fsp3) is 0.462. The summed E-state index contributed by atoms with van der Waals surface area (Å²) >= 11 is 0. The Kier molecular flexibility index (Phi) is 4.47. The van der Waals surface area contributed by atoms with Crippen molar-refractivity contribution in [2.45, 2.75) is 24.7 Å². The van der Waals surface area contributed by atoms with Crippen LogP contribution in [0.3, 0.4) is 0 Å². The quantitative estimate of drug-likeness (QED) is 0.659. The van der Waals surface area contributed by atoms with Gasteiger partial charge in [-0.1, -0.05) is 6.07 Å². The lowest BCUT2D eigenvalue weighted by molar-refractivity contribution is -0.385. The molecule has 22 heavy (non-hydrogen) atoms. The Morgan fingerprint density at radius 1 is 1.45 bits per heavy atom. The van der Waals surface area contributed by atoms with E-state index < -0.39 is 26.8 Å². The summed E-state index contributed by atoms with van der Waals surface area (Å²) in [5.41, 5.74) is -0.210. The summed E-state index contributed by atoms with van der Waals surface area (Å²) in [6.45, 7) is 1.48. The second-order valence-corrected chi connectivity index (χ2v) is 7.10. The Bertz CT molecular complexity index is 715. The van der Waals surface area contributed by atoms with E-state index in [9.17, 15) is 23.3 Å². The van der Waals surface area contributed by atoms with Crippen LogP contribution in [0.5, 0.6) is 0 Å². The minimum absolute atomic E-state index is 0.0601. The first-order valence-corrected chi connectivity index (χ1v) is 8.16. The molecule has 1 N–H and O–H groups in total. The molecule has 0 aromatic heterocycles. The summed E-state index contributed by atoms with van der Waals surface area (Å²) < 4.78 is 26.4. The smallest absolute Gasteiger partial charge is 0.307 e. The standard InChI is InChI=1S/C13H16N2O6S/c1-9-11(15(18)19)5-2-6-12(9)22(20,21)14-7-3-4-10(8-14)13(16)17/h2,5-6,10H,3-4,7-8H2,1H3,(H,16,17). The molecule has 1 aliphatic heterocycles. The molecule has 120 valence electrons. The number of hydrogen-bond acceptors (Lipinski definition) is 5. The second kappa shape index (κ2) is 6.01. The first kappa shape index (κ1) is 16.4. The fourth-order valence-corrected chi connectivity index (χ4v) is 4.35. The van der Waals surface area contributed by atoms with Gasteiger partial charge in [0.1, 0.15) is 0 Å². The van der Waals surface area contributed by atoms with Gasteiger partial charge in [0.25, 0.3) is 5.69 Å². The Morgan fingerprint density at radius 3 is 2.73 bits per heavy atom. The lowest BCUT2D eigenvalue weighted by Crippen LogP contribution is -2.42. The molecule has 1 heterocycles. The zero-order chi connectivity index (χ0) is 16.5. The van der Waals surface area contributed by atoms with E-state index in [0.29, 0.717) is 12.8 Å². The monoisotopic (exact) mass is 328 g/mol. The van der Waals surface area contributed by atoms with E-state index >= 15 is 0 Å². The number of carboxylic acid groups (broad SMARTS) is 1. The number of piperidine rings is 1. The molecule has 0 radical (unpaired) electrons. The molecule has 0 amide bonds. The first-order valence-electron chi connectivity index (χ1n) is 6.72. The number of rotatable bonds is 4. The topological polar surface area (TPSA) is 118 Å². The molecule has 1 aromatic carbocycles. The second-order valence-electron chi connectivity index (χ2n) is 5.20. The minimum Gasteiger partial charge on any atom is -0.481 e. The maximum Gasteiger partial charge on any atom is 0.307 e. The SMILES string of the molecule is Cc1c([N+](=O)[O-])cccc1S(=O)(=O)N1CCCC(C(=O)O)C1. The van der Waals surface area contributed by atoms with Crippen LogP contribution < -0.4 is 0 Å². The first-order chi connectivity index (χ1) is 10.2. The van der Waals surface area contributed by atoms with Crippen LogP contribution in [0.4, 0.5) is 5.69 Å². The number of nitrogens with zero attached hydrogens (tertiary/aromatic N) is 2. The van der Waals surface area contributed by atoms with Crippen LogP contribution in [0, 0.1) is 23.0 Å².